The van der Waals surface area contributed by atoms with Crippen molar-refractivity contribution in [3.63, 3.8) is 0 Å². The first-order valence-electron chi connectivity index (χ1n) is 13.2. The van der Waals surface area contributed by atoms with Crippen LogP contribution in [-0.2, 0) is 17.8 Å². The molecule has 1 aliphatic heterocycles. The van der Waals surface area contributed by atoms with Crippen molar-refractivity contribution in [2.45, 2.75) is 51.2 Å². The van der Waals surface area contributed by atoms with Gasteiger partial charge in [0.1, 0.15) is 17.7 Å². The number of carboxylic acid groups (broad SMARTS) is 1. The summed E-state index contributed by atoms with van der Waals surface area (Å²) in [5.74, 6) is 0.0428. The van der Waals surface area contributed by atoms with Crippen LogP contribution in [0, 0.1) is 17.7 Å². The fraction of sp³-hybridized carbons (Fsp3) is 0.419. The summed E-state index contributed by atoms with van der Waals surface area (Å²) in [4.78, 5) is 17.8. The molecular weight excluding hydrogens is 483 g/mol. The molecule has 1 fully saturated rings. The summed E-state index contributed by atoms with van der Waals surface area (Å²) in [7, 11) is 5.50. The number of benzene rings is 2. The first-order valence-corrected chi connectivity index (χ1v) is 13.2. The molecule has 0 bridgehead atoms. The van der Waals surface area contributed by atoms with Crippen LogP contribution in [0.3, 0.4) is 0 Å². The van der Waals surface area contributed by atoms with Crippen LogP contribution >= 0.6 is 0 Å². The van der Waals surface area contributed by atoms with Crippen LogP contribution in [0.25, 0.3) is 11.1 Å². The number of aryl methyl sites for hydroxylation is 1. The maximum Gasteiger partial charge on any atom is 0.306 e. The lowest BCUT2D eigenvalue weighted by Gasteiger charge is -2.29. The van der Waals surface area contributed by atoms with E-state index in [0.717, 1.165) is 59.3 Å². The molecule has 2 aromatic carbocycles. The van der Waals surface area contributed by atoms with Crippen LogP contribution in [-0.4, -0.2) is 42.2 Å². The number of methoxy groups -OCH3 is 1. The van der Waals surface area contributed by atoms with Gasteiger partial charge >= 0.3 is 5.97 Å². The van der Waals surface area contributed by atoms with E-state index in [1.807, 2.05) is 33.2 Å². The Morgan fingerprint density at radius 1 is 1.16 bits per heavy atom. The summed E-state index contributed by atoms with van der Waals surface area (Å²) in [5.41, 5.74) is 5.49. The molecule has 3 atom stereocenters. The minimum absolute atomic E-state index is 0.00000380. The maximum atomic E-state index is 14.8. The number of pyridine rings is 1. The zero-order valence-corrected chi connectivity index (χ0v) is 22.4. The molecule has 200 valence electrons. The third-order valence-electron chi connectivity index (χ3n) is 7.80. The highest BCUT2D eigenvalue weighted by Crippen LogP contribution is 2.48. The van der Waals surface area contributed by atoms with Gasteiger partial charge in [-0.15, -0.1) is 0 Å². The minimum Gasteiger partial charge on any atom is -0.485 e. The van der Waals surface area contributed by atoms with E-state index in [0.29, 0.717) is 23.9 Å². The van der Waals surface area contributed by atoms with Gasteiger partial charge in [0, 0.05) is 18.2 Å². The van der Waals surface area contributed by atoms with Gasteiger partial charge in [0.05, 0.1) is 19.2 Å². The second-order valence-electron chi connectivity index (χ2n) is 10.9. The van der Waals surface area contributed by atoms with Gasteiger partial charge in [0.2, 0.25) is 5.88 Å². The first kappa shape index (κ1) is 26.2. The number of rotatable bonds is 9. The van der Waals surface area contributed by atoms with E-state index in [-0.39, 0.29) is 12.0 Å². The van der Waals surface area contributed by atoms with E-state index in [2.05, 4.69) is 34.1 Å². The molecule has 2 aliphatic rings. The summed E-state index contributed by atoms with van der Waals surface area (Å²) in [6, 6.07) is 14.0. The number of aromatic nitrogens is 1. The van der Waals surface area contributed by atoms with Crippen molar-refractivity contribution >= 4 is 5.97 Å². The minimum atomic E-state index is -0.754. The summed E-state index contributed by atoms with van der Waals surface area (Å²) in [6.07, 6.45) is 4.93. The fourth-order valence-electron chi connectivity index (χ4n) is 5.69. The van der Waals surface area contributed by atoms with Crippen molar-refractivity contribution in [3.8, 4) is 22.8 Å². The zero-order valence-electron chi connectivity index (χ0n) is 22.4. The van der Waals surface area contributed by atoms with Crippen molar-refractivity contribution in [2.24, 2.45) is 11.8 Å². The zero-order chi connectivity index (χ0) is 27.0. The molecule has 0 amide bonds. The quantitative estimate of drug-likeness (QED) is 0.362. The van der Waals surface area contributed by atoms with E-state index in [1.165, 1.54) is 13.3 Å². The molecule has 1 aromatic heterocycles. The number of nitrogens with zero attached hydrogens (tertiary/aromatic N) is 2. The number of hydrogen-bond donors (Lipinski definition) is 1. The average Bonchev–Trinajstić information content (AvgIpc) is 3.73. The lowest BCUT2D eigenvalue weighted by molar-refractivity contribution is -0.142. The van der Waals surface area contributed by atoms with Gasteiger partial charge in [-0.1, -0.05) is 37.3 Å². The SMILES string of the molecule is COc1cc(-c2ccc(C3CCc4ccc([C@H](C5CC5)[C@H](C)C(=O)O)cc4O3)cc2CN(C)C)c(F)cn1. The molecule has 6 nitrogen and oxygen atoms in total. The molecule has 0 spiro atoms. The molecule has 7 heteroatoms. The summed E-state index contributed by atoms with van der Waals surface area (Å²) >= 11 is 0. The molecule has 1 aliphatic carbocycles. The van der Waals surface area contributed by atoms with Crippen molar-refractivity contribution in [2.75, 3.05) is 21.2 Å². The highest BCUT2D eigenvalue weighted by atomic mass is 19.1. The number of aliphatic carboxylic acids is 1. The lowest BCUT2D eigenvalue weighted by Crippen LogP contribution is -2.21. The molecule has 1 unspecified atom stereocenters. The molecule has 5 rings (SSSR count). The predicted molar refractivity (Wildman–Crippen MR) is 144 cm³/mol. The average molecular weight is 519 g/mol. The smallest absolute Gasteiger partial charge is 0.306 e. The van der Waals surface area contributed by atoms with Gasteiger partial charge < -0.3 is 19.5 Å². The maximum absolute atomic E-state index is 14.8. The molecule has 3 aromatic rings. The normalized spacial score (nSPS) is 18.4. The van der Waals surface area contributed by atoms with E-state index in [4.69, 9.17) is 9.47 Å². The molecule has 1 N–H and O–H groups in total. The fourth-order valence-corrected chi connectivity index (χ4v) is 5.69. The van der Waals surface area contributed by atoms with Gasteiger partial charge in [0.15, 0.2) is 0 Å². The molecule has 38 heavy (non-hydrogen) atoms. The molecule has 1 saturated carbocycles. The van der Waals surface area contributed by atoms with Crippen molar-refractivity contribution in [1.29, 1.82) is 0 Å². The molecule has 0 saturated heterocycles. The van der Waals surface area contributed by atoms with Gasteiger partial charge in [-0.25, -0.2) is 9.37 Å². The van der Waals surface area contributed by atoms with E-state index >= 15 is 0 Å². The van der Waals surface area contributed by atoms with Crippen molar-refractivity contribution in [3.05, 3.63) is 76.7 Å². The molecule has 0 radical (unpaired) electrons. The van der Waals surface area contributed by atoms with Crippen LogP contribution in [0.15, 0.2) is 48.7 Å². The van der Waals surface area contributed by atoms with Crippen molar-refractivity contribution in [1.82, 2.24) is 9.88 Å². The Balaban J connectivity index is 1.46. The predicted octanol–water partition coefficient (Wildman–Crippen LogP) is 6.24. The lowest BCUT2D eigenvalue weighted by atomic mass is 9.82. The van der Waals surface area contributed by atoms with E-state index < -0.39 is 17.7 Å². The monoisotopic (exact) mass is 518 g/mol. The van der Waals surface area contributed by atoms with Gasteiger partial charge in [-0.3, -0.25) is 4.79 Å². The molecule has 2 heterocycles. The van der Waals surface area contributed by atoms with Gasteiger partial charge in [-0.2, -0.15) is 0 Å². The first-order chi connectivity index (χ1) is 18.2. The number of carbonyl (C=O) groups is 1. The number of halogens is 1. The third kappa shape index (κ3) is 5.39. The summed E-state index contributed by atoms with van der Waals surface area (Å²) < 4.78 is 26.6. The second-order valence-corrected chi connectivity index (χ2v) is 10.9. The topological polar surface area (TPSA) is 71.9 Å². The standard InChI is InChI=1S/C31H35FN2O4/c1-18(31(35)36)30(20-6-7-20)22-8-5-19-10-12-27(38-28(19)14-22)21-9-11-24(23(13-21)17-34(2)3)25-15-29(37-4)33-16-26(25)32/h5,8-9,11,13-16,18,20,27,30H,6-7,10,12,17H2,1-4H3,(H,35,36)/t18-,27?,30-/m0/s1. The van der Waals surface area contributed by atoms with Gasteiger partial charge in [-0.05, 0) is 85.5 Å². The van der Waals surface area contributed by atoms with Crippen LogP contribution in [0.1, 0.15) is 60.5 Å². The van der Waals surface area contributed by atoms with E-state index in [1.54, 1.807) is 6.07 Å². The Bertz CT molecular complexity index is 1340. The number of carboxylic acids is 1. The highest BCUT2D eigenvalue weighted by Gasteiger charge is 2.39. The molecular formula is C31H35FN2O4. The Hall–Kier alpha value is -3.45. The Kier molecular flexibility index (Phi) is 7.39. The van der Waals surface area contributed by atoms with E-state index in [9.17, 15) is 14.3 Å². The Morgan fingerprint density at radius 3 is 2.63 bits per heavy atom. The number of ether oxygens (including phenoxy) is 2. The Labute approximate surface area is 223 Å². The summed E-state index contributed by atoms with van der Waals surface area (Å²) in [6.45, 7) is 2.44. The summed E-state index contributed by atoms with van der Waals surface area (Å²) in [5, 5.41) is 9.69. The third-order valence-corrected chi connectivity index (χ3v) is 7.80. The van der Waals surface area contributed by atoms with Crippen molar-refractivity contribution < 1.29 is 23.8 Å². The largest absolute Gasteiger partial charge is 0.485 e. The number of fused-ring (bicyclic) bond motifs is 1. The van der Waals surface area contributed by atoms with Crippen LogP contribution in [0.4, 0.5) is 4.39 Å². The Morgan fingerprint density at radius 2 is 1.95 bits per heavy atom. The van der Waals surface area contributed by atoms with Crippen LogP contribution in [0.5, 0.6) is 11.6 Å². The second kappa shape index (κ2) is 10.7. The van der Waals surface area contributed by atoms with Crippen LogP contribution in [0.2, 0.25) is 0 Å². The number of hydrogen-bond acceptors (Lipinski definition) is 5. The van der Waals surface area contributed by atoms with Crippen LogP contribution < -0.4 is 9.47 Å². The highest BCUT2D eigenvalue weighted by molar-refractivity contribution is 5.71. The van der Waals surface area contributed by atoms with Gasteiger partial charge in [0.25, 0.3) is 0 Å².